The maximum Gasteiger partial charge on any atom is 0.133 e. The van der Waals surface area contributed by atoms with Crippen LogP contribution in [-0.2, 0) is 17.7 Å². The van der Waals surface area contributed by atoms with Crippen molar-refractivity contribution < 1.29 is 9.47 Å². The summed E-state index contributed by atoms with van der Waals surface area (Å²) in [6, 6.07) is 19.0. The number of hydrogen-bond donors (Lipinski definition) is 1. The number of anilines is 1. The summed E-state index contributed by atoms with van der Waals surface area (Å²) in [5.41, 5.74) is 3.62. The van der Waals surface area contributed by atoms with Crippen LogP contribution in [0.15, 0.2) is 54.6 Å². The van der Waals surface area contributed by atoms with E-state index in [0.717, 1.165) is 69.5 Å². The molecule has 0 saturated carbocycles. The fraction of sp³-hybridized carbons (Fsp3) is 0.375. The first-order valence-corrected chi connectivity index (χ1v) is 10.5. The van der Waals surface area contributed by atoms with E-state index in [1.54, 1.807) is 0 Å². The summed E-state index contributed by atoms with van der Waals surface area (Å²) >= 11 is 0. The molecule has 2 aliphatic rings. The standard InChI is InChI=1S/C24H27N3O2/c1-3-7-22-19(5-1)14-21(24(26-22)27-9-11-28-12-10-27)16-25-15-18-13-20-6-2-4-8-23(20)29-17-18/h1-8,14,18,25H,9-13,15-17H2. The molecule has 1 saturated heterocycles. The van der Waals surface area contributed by atoms with Crippen LogP contribution in [-0.4, -0.2) is 44.4 Å². The van der Waals surface area contributed by atoms with Crippen molar-refractivity contribution >= 4 is 16.7 Å². The van der Waals surface area contributed by atoms with Gasteiger partial charge in [-0.2, -0.15) is 0 Å². The van der Waals surface area contributed by atoms with Gasteiger partial charge in [-0.1, -0.05) is 36.4 Å². The Morgan fingerprint density at radius 1 is 1.03 bits per heavy atom. The smallest absolute Gasteiger partial charge is 0.133 e. The second-order valence-corrected chi connectivity index (χ2v) is 7.88. The molecule has 2 aromatic carbocycles. The van der Waals surface area contributed by atoms with Crippen molar-refractivity contribution in [1.29, 1.82) is 0 Å². The number of fused-ring (bicyclic) bond motifs is 2. The number of para-hydroxylation sites is 2. The predicted molar refractivity (Wildman–Crippen MR) is 116 cm³/mol. The van der Waals surface area contributed by atoms with E-state index in [0.29, 0.717) is 5.92 Å². The fourth-order valence-corrected chi connectivity index (χ4v) is 4.26. The van der Waals surface area contributed by atoms with Crippen LogP contribution < -0.4 is 15.0 Å². The van der Waals surface area contributed by atoms with Crippen molar-refractivity contribution in [2.45, 2.75) is 13.0 Å². The molecule has 1 N–H and O–H groups in total. The van der Waals surface area contributed by atoms with Crippen LogP contribution in [0.4, 0.5) is 5.82 Å². The summed E-state index contributed by atoms with van der Waals surface area (Å²) in [7, 11) is 0. The Hall–Kier alpha value is -2.63. The van der Waals surface area contributed by atoms with Crippen LogP contribution in [0, 0.1) is 5.92 Å². The van der Waals surface area contributed by atoms with Gasteiger partial charge in [-0.05, 0) is 30.2 Å². The van der Waals surface area contributed by atoms with Gasteiger partial charge in [0.25, 0.3) is 0 Å². The molecule has 5 rings (SSSR count). The first kappa shape index (κ1) is 18.4. The minimum Gasteiger partial charge on any atom is -0.493 e. The second-order valence-electron chi connectivity index (χ2n) is 7.88. The zero-order valence-corrected chi connectivity index (χ0v) is 16.6. The number of morpholine rings is 1. The molecule has 2 aliphatic heterocycles. The van der Waals surface area contributed by atoms with E-state index in [9.17, 15) is 0 Å². The number of nitrogens with one attached hydrogen (secondary N) is 1. The first-order valence-electron chi connectivity index (χ1n) is 10.5. The number of nitrogens with zero attached hydrogens (tertiary/aromatic N) is 2. The Labute approximate surface area is 171 Å². The van der Waals surface area contributed by atoms with Gasteiger partial charge in [-0.15, -0.1) is 0 Å². The largest absolute Gasteiger partial charge is 0.493 e. The minimum atomic E-state index is 0.491. The minimum absolute atomic E-state index is 0.491. The molecule has 150 valence electrons. The molecule has 0 aliphatic carbocycles. The zero-order valence-electron chi connectivity index (χ0n) is 16.6. The molecule has 0 spiro atoms. The van der Waals surface area contributed by atoms with Crippen LogP contribution >= 0.6 is 0 Å². The molecule has 0 amide bonds. The number of ether oxygens (including phenoxy) is 2. The quantitative estimate of drug-likeness (QED) is 0.725. The van der Waals surface area contributed by atoms with Crippen molar-refractivity contribution in [1.82, 2.24) is 10.3 Å². The Balaban J connectivity index is 1.30. The number of pyridine rings is 1. The van der Waals surface area contributed by atoms with Crippen LogP contribution in [0.25, 0.3) is 10.9 Å². The van der Waals surface area contributed by atoms with Gasteiger partial charge in [-0.3, -0.25) is 0 Å². The molecule has 5 heteroatoms. The number of benzene rings is 2. The maximum atomic E-state index is 5.94. The van der Waals surface area contributed by atoms with Gasteiger partial charge >= 0.3 is 0 Å². The second kappa shape index (κ2) is 8.39. The van der Waals surface area contributed by atoms with E-state index in [1.807, 2.05) is 6.07 Å². The molecular weight excluding hydrogens is 362 g/mol. The summed E-state index contributed by atoms with van der Waals surface area (Å²) in [6.07, 6.45) is 1.06. The highest BCUT2D eigenvalue weighted by atomic mass is 16.5. The number of hydrogen-bond acceptors (Lipinski definition) is 5. The van der Waals surface area contributed by atoms with E-state index in [2.05, 4.69) is 58.7 Å². The maximum absolute atomic E-state index is 5.94. The van der Waals surface area contributed by atoms with Crippen LogP contribution in [0.2, 0.25) is 0 Å². The molecule has 1 aromatic heterocycles. The van der Waals surface area contributed by atoms with Gasteiger partial charge in [0.2, 0.25) is 0 Å². The van der Waals surface area contributed by atoms with Gasteiger partial charge in [-0.25, -0.2) is 4.98 Å². The summed E-state index contributed by atoms with van der Waals surface area (Å²) in [5.74, 6) is 2.62. The summed E-state index contributed by atoms with van der Waals surface area (Å²) in [4.78, 5) is 7.35. The van der Waals surface area contributed by atoms with Crippen molar-refractivity contribution in [3.63, 3.8) is 0 Å². The highest BCUT2D eigenvalue weighted by molar-refractivity contribution is 5.81. The van der Waals surface area contributed by atoms with E-state index < -0.39 is 0 Å². The highest BCUT2D eigenvalue weighted by Gasteiger charge is 2.20. The lowest BCUT2D eigenvalue weighted by atomic mass is 9.96. The lowest BCUT2D eigenvalue weighted by Gasteiger charge is -2.30. The SMILES string of the molecule is c1ccc2c(c1)CC(CNCc1cc3ccccc3nc1N1CCOCC1)CO2. The Morgan fingerprint density at radius 3 is 2.79 bits per heavy atom. The lowest BCUT2D eigenvalue weighted by molar-refractivity contribution is 0.122. The number of aromatic nitrogens is 1. The Bertz CT molecular complexity index is 985. The molecule has 1 unspecified atom stereocenters. The van der Waals surface area contributed by atoms with Gasteiger partial charge in [0.15, 0.2) is 0 Å². The third kappa shape index (κ3) is 4.07. The molecule has 3 aromatic rings. The van der Waals surface area contributed by atoms with E-state index in [4.69, 9.17) is 14.5 Å². The van der Waals surface area contributed by atoms with Crippen molar-refractivity contribution in [2.75, 3.05) is 44.4 Å². The van der Waals surface area contributed by atoms with Crippen molar-refractivity contribution in [3.05, 3.63) is 65.7 Å². The Morgan fingerprint density at radius 2 is 1.86 bits per heavy atom. The average molecular weight is 389 g/mol. The van der Waals surface area contributed by atoms with Crippen molar-refractivity contribution in [3.8, 4) is 5.75 Å². The predicted octanol–water partition coefficient (Wildman–Crippen LogP) is 3.41. The van der Waals surface area contributed by atoms with E-state index in [-0.39, 0.29) is 0 Å². The average Bonchev–Trinajstić information content (AvgIpc) is 2.79. The van der Waals surface area contributed by atoms with Crippen LogP contribution in [0.5, 0.6) is 5.75 Å². The molecule has 0 bridgehead atoms. The monoisotopic (exact) mass is 389 g/mol. The van der Waals surface area contributed by atoms with Crippen LogP contribution in [0.3, 0.4) is 0 Å². The lowest BCUT2D eigenvalue weighted by Crippen LogP contribution is -2.38. The third-order valence-corrected chi connectivity index (χ3v) is 5.79. The molecule has 3 heterocycles. The fourth-order valence-electron chi connectivity index (χ4n) is 4.26. The molecule has 0 radical (unpaired) electrons. The van der Waals surface area contributed by atoms with Gasteiger partial charge < -0.3 is 19.7 Å². The van der Waals surface area contributed by atoms with Crippen molar-refractivity contribution in [2.24, 2.45) is 5.92 Å². The first-order chi connectivity index (χ1) is 14.4. The van der Waals surface area contributed by atoms with E-state index in [1.165, 1.54) is 16.5 Å². The molecular formula is C24H27N3O2. The topological polar surface area (TPSA) is 46.6 Å². The number of rotatable bonds is 5. The van der Waals surface area contributed by atoms with Crippen LogP contribution in [0.1, 0.15) is 11.1 Å². The Kier molecular flexibility index (Phi) is 5.33. The summed E-state index contributed by atoms with van der Waals surface area (Å²) < 4.78 is 11.5. The van der Waals surface area contributed by atoms with Gasteiger partial charge in [0.05, 0.1) is 25.3 Å². The van der Waals surface area contributed by atoms with E-state index >= 15 is 0 Å². The summed E-state index contributed by atoms with van der Waals surface area (Å²) in [6.45, 7) is 5.83. The zero-order chi connectivity index (χ0) is 19.5. The normalized spacial score (nSPS) is 19.0. The third-order valence-electron chi connectivity index (χ3n) is 5.79. The molecule has 1 fully saturated rings. The van der Waals surface area contributed by atoms with Gasteiger partial charge in [0.1, 0.15) is 11.6 Å². The molecule has 1 atom stereocenters. The molecule has 29 heavy (non-hydrogen) atoms. The van der Waals surface area contributed by atoms with Gasteiger partial charge in [0, 0.05) is 43.0 Å². The summed E-state index contributed by atoms with van der Waals surface area (Å²) in [5, 5.41) is 4.86. The molecule has 5 nitrogen and oxygen atoms in total. The highest BCUT2D eigenvalue weighted by Crippen LogP contribution is 2.27.